The van der Waals surface area contributed by atoms with Gasteiger partial charge in [-0.25, -0.2) is 8.78 Å². The number of carbonyl (C=O) groups is 1. The fourth-order valence-electron chi connectivity index (χ4n) is 6.07. The molecule has 0 unspecified atom stereocenters. The van der Waals surface area contributed by atoms with Gasteiger partial charge < -0.3 is 15.5 Å². The highest BCUT2D eigenvalue weighted by Crippen LogP contribution is 2.47. The molecule has 8 nitrogen and oxygen atoms in total. The van der Waals surface area contributed by atoms with Gasteiger partial charge in [-0.2, -0.15) is 5.26 Å². The van der Waals surface area contributed by atoms with Crippen molar-refractivity contribution in [3.63, 3.8) is 0 Å². The Hall–Kier alpha value is -4.17. The van der Waals surface area contributed by atoms with Gasteiger partial charge in [0.25, 0.3) is 5.56 Å². The van der Waals surface area contributed by atoms with Gasteiger partial charge >= 0.3 is 0 Å². The first kappa shape index (κ1) is 33.2. The van der Waals surface area contributed by atoms with Crippen molar-refractivity contribution in [1.29, 1.82) is 5.26 Å². The van der Waals surface area contributed by atoms with Gasteiger partial charge in [-0.15, -0.1) is 0 Å². The molecule has 0 radical (unpaired) electrons. The summed E-state index contributed by atoms with van der Waals surface area (Å²) in [5, 5.41) is 9.68. The Labute approximate surface area is 279 Å². The molecule has 238 valence electrons. The second-order valence-electron chi connectivity index (χ2n) is 11.4. The van der Waals surface area contributed by atoms with Crippen LogP contribution in [0.15, 0.2) is 41.8 Å². The van der Waals surface area contributed by atoms with Crippen LogP contribution in [0.4, 0.5) is 20.2 Å². The van der Waals surface area contributed by atoms with Crippen LogP contribution in [-0.4, -0.2) is 46.0 Å². The van der Waals surface area contributed by atoms with Crippen molar-refractivity contribution in [3.8, 4) is 22.9 Å². The molecular weight excluding hydrogens is 657 g/mol. The third kappa shape index (κ3) is 5.26. The van der Waals surface area contributed by atoms with Gasteiger partial charge in [-0.1, -0.05) is 55.2 Å². The number of nitriles is 1. The summed E-state index contributed by atoms with van der Waals surface area (Å²) in [5.74, 6) is -2.49. The summed E-state index contributed by atoms with van der Waals surface area (Å²) in [7, 11) is 0. The number of nitrogens with two attached hydrogens (primary N) is 1. The highest BCUT2D eigenvalue weighted by atomic mass is 35.5. The maximum atomic E-state index is 16.4. The standard InChI is InChI=1S/C33H29Cl3F2N6O2/c1-6-23(45)43-10-9-42(14-17(43)5)31-18-11-22(37)24(25-27(38)20(34)12-21(35)28(25)40)26(36)32(18)44(33(46)19(31)13-39)30-16(4)7-8-41-29(30)15(2)3/h6-8,11-12,15,17H,1,9-10,14,40H2,2-5H3/t17-/m1/s1. The number of hydrogen-bond donors (Lipinski definition) is 1. The van der Waals surface area contributed by atoms with Crippen molar-refractivity contribution in [2.75, 3.05) is 30.3 Å². The molecule has 46 heavy (non-hydrogen) atoms. The van der Waals surface area contributed by atoms with E-state index in [4.69, 9.17) is 40.5 Å². The number of fused-ring (bicyclic) bond motifs is 1. The summed E-state index contributed by atoms with van der Waals surface area (Å²) in [6.07, 6.45) is 2.82. The fourth-order valence-corrected chi connectivity index (χ4v) is 6.91. The molecule has 5 rings (SSSR count). The number of anilines is 2. The van der Waals surface area contributed by atoms with Gasteiger partial charge in [0.15, 0.2) is 5.82 Å². The number of aromatic nitrogens is 2. The normalized spacial score (nSPS) is 15.0. The van der Waals surface area contributed by atoms with E-state index in [1.165, 1.54) is 10.6 Å². The number of amides is 1. The van der Waals surface area contributed by atoms with Gasteiger partial charge in [0.1, 0.15) is 17.4 Å². The summed E-state index contributed by atoms with van der Waals surface area (Å²) in [4.78, 5) is 34.9. The third-order valence-electron chi connectivity index (χ3n) is 8.22. The summed E-state index contributed by atoms with van der Waals surface area (Å²) >= 11 is 19.4. The number of piperazine rings is 1. The average Bonchev–Trinajstić information content (AvgIpc) is 3.01. The second-order valence-corrected chi connectivity index (χ2v) is 12.6. The summed E-state index contributed by atoms with van der Waals surface area (Å²) < 4.78 is 33.3. The Morgan fingerprint density at radius 1 is 1.17 bits per heavy atom. The number of halogens is 5. The molecule has 2 aromatic heterocycles. The molecule has 0 saturated carbocycles. The fraction of sp³-hybridized carbons (Fsp3) is 0.273. The van der Waals surface area contributed by atoms with Crippen LogP contribution in [0.3, 0.4) is 0 Å². The Balaban J connectivity index is 1.98. The number of rotatable bonds is 5. The molecular formula is C33H29Cl3F2N6O2. The van der Waals surface area contributed by atoms with Crippen LogP contribution < -0.4 is 16.2 Å². The first-order chi connectivity index (χ1) is 21.7. The van der Waals surface area contributed by atoms with E-state index in [1.54, 1.807) is 29.0 Å². The number of aryl methyl sites for hydroxylation is 1. The molecule has 1 amide bonds. The Kier molecular flexibility index (Phi) is 9.06. The zero-order valence-corrected chi connectivity index (χ0v) is 27.7. The SMILES string of the molecule is C=CC(=O)N1CCN(c2c(C#N)c(=O)n(-c3c(C)ccnc3C(C)C)c3c(Cl)c(-c4c(N)c(Cl)cc(Cl)c4F)c(F)cc23)C[C@H]1C. The minimum Gasteiger partial charge on any atom is -0.397 e. The first-order valence-corrected chi connectivity index (χ1v) is 15.5. The van der Waals surface area contributed by atoms with Crippen molar-refractivity contribution in [3.05, 3.63) is 90.9 Å². The lowest BCUT2D eigenvalue weighted by Gasteiger charge is -2.41. The van der Waals surface area contributed by atoms with Crippen LogP contribution in [-0.2, 0) is 4.79 Å². The van der Waals surface area contributed by atoms with Crippen LogP contribution in [0.25, 0.3) is 27.7 Å². The van der Waals surface area contributed by atoms with Crippen LogP contribution in [0.2, 0.25) is 15.1 Å². The zero-order chi connectivity index (χ0) is 33.8. The summed E-state index contributed by atoms with van der Waals surface area (Å²) in [5.41, 5.74) is 5.56. The number of hydrogen-bond acceptors (Lipinski definition) is 6. The Morgan fingerprint density at radius 2 is 1.87 bits per heavy atom. The monoisotopic (exact) mass is 684 g/mol. The second kappa shape index (κ2) is 12.6. The van der Waals surface area contributed by atoms with Gasteiger partial charge in [-0.3, -0.25) is 19.1 Å². The van der Waals surface area contributed by atoms with Crippen LogP contribution in [0, 0.1) is 29.9 Å². The molecule has 2 N–H and O–H groups in total. The minimum atomic E-state index is -1.05. The quantitative estimate of drug-likeness (QED) is 0.133. The maximum absolute atomic E-state index is 16.4. The summed E-state index contributed by atoms with van der Waals surface area (Å²) in [6.45, 7) is 11.6. The number of pyridine rings is 2. The van der Waals surface area contributed by atoms with E-state index in [0.29, 0.717) is 16.9 Å². The van der Waals surface area contributed by atoms with Crippen molar-refractivity contribution < 1.29 is 13.6 Å². The molecule has 1 saturated heterocycles. The molecule has 1 aliphatic rings. The topological polar surface area (TPSA) is 108 Å². The van der Waals surface area contributed by atoms with Gasteiger partial charge in [0.05, 0.1) is 43.3 Å². The number of nitrogens with zero attached hydrogens (tertiary/aromatic N) is 5. The van der Waals surface area contributed by atoms with Crippen LogP contribution >= 0.6 is 34.8 Å². The molecule has 13 heteroatoms. The molecule has 1 aliphatic heterocycles. The Bertz CT molecular complexity index is 2030. The van der Waals surface area contributed by atoms with E-state index in [2.05, 4.69) is 11.6 Å². The van der Waals surface area contributed by atoms with E-state index in [0.717, 1.165) is 12.1 Å². The lowest BCUT2D eigenvalue weighted by atomic mass is 9.96. The first-order valence-electron chi connectivity index (χ1n) is 14.3. The largest absolute Gasteiger partial charge is 0.397 e. The van der Waals surface area contributed by atoms with Gasteiger partial charge in [0.2, 0.25) is 5.91 Å². The smallest absolute Gasteiger partial charge is 0.275 e. The van der Waals surface area contributed by atoms with Crippen LogP contribution in [0.1, 0.15) is 43.5 Å². The molecule has 0 spiro atoms. The van der Waals surface area contributed by atoms with E-state index >= 15 is 8.78 Å². The molecule has 0 aliphatic carbocycles. The van der Waals surface area contributed by atoms with Gasteiger partial charge in [-0.05, 0) is 49.6 Å². The molecule has 0 bridgehead atoms. The third-order valence-corrected chi connectivity index (χ3v) is 9.18. The minimum absolute atomic E-state index is 0.00205. The zero-order valence-electron chi connectivity index (χ0n) is 25.4. The number of carbonyl (C=O) groups excluding carboxylic acids is 1. The number of nitrogen functional groups attached to an aromatic ring is 1. The van der Waals surface area contributed by atoms with Crippen LogP contribution in [0.5, 0.6) is 0 Å². The average molecular weight is 686 g/mol. The van der Waals surface area contributed by atoms with Crippen molar-refractivity contribution in [2.45, 2.75) is 39.7 Å². The van der Waals surface area contributed by atoms with Crippen molar-refractivity contribution in [2.24, 2.45) is 0 Å². The highest BCUT2D eigenvalue weighted by molar-refractivity contribution is 6.40. The molecule has 1 fully saturated rings. The van der Waals surface area contributed by atoms with E-state index in [-0.39, 0.29) is 75.4 Å². The molecule has 2 aromatic carbocycles. The number of benzene rings is 2. The summed E-state index contributed by atoms with van der Waals surface area (Å²) in [6, 6.07) is 5.59. The lowest BCUT2D eigenvalue weighted by Crippen LogP contribution is -2.54. The van der Waals surface area contributed by atoms with Gasteiger partial charge in [0, 0.05) is 48.4 Å². The van der Waals surface area contributed by atoms with E-state index < -0.39 is 33.3 Å². The van der Waals surface area contributed by atoms with Crippen molar-refractivity contribution >= 4 is 63.0 Å². The van der Waals surface area contributed by atoms with E-state index in [1.807, 2.05) is 26.8 Å². The molecule has 3 heterocycles. The van der Waals surface area contributed by atoms with E-state index in [9.17, 15) is 14.9 Å². The van der Waals surface area contributed by atoms with Crippen molar-refractivity contribution in [1.82, 2.24) is 14.5 Å². The molecule has 1 atom stereocenters. The highest BCUT2D eigenvalue weighted by Gasteiger charge is 2.34. The predicted octanol–water partition coefficient (Wildman–Crippen LogP) is 7.40. The maximum Gasteiger partial charge on any atom is 0.275 e. The molecule has 4 aromatic rings. The predicted molar refractivity (Wildman–Crippen MR) is 179 cm³/mol. The lowest BCUT2D eigenvalue weighted by molar-refractivity contribution is -0.128. The Morgan fingerprint density at radius 3 is 2.48 bits per heavy atom.